The van der Waals surface area contributed by atoms with Crippen LogP contribution in [0.15, 0.2) is 6.20 Å². The number of rotatable bonds is 5. The first-order chi connectivity index (χ1) is 9.13. The molecule has 1 aliphatic carbocycles. The van der Waals surface area contributed by atoms with Crippen LogP contribution in [0, 0.1) is 13.8 Å². The van der Waals surface area contributed by atoms with E-state index in [0.29, 0.717) is 19.1 Å². The molecule has 0 aliphatic heterocycles. The fraction of sp³-hybridized carbons (Fsp3) is 0.538. The number of amides is 1. The van der Waals surface area contributed by atoms with Gasteiger partial charge in [-0.15, -0.1) is 11.3 Å². The number of imidazole rings is 1. The van der Waals surface area contributed by atoms with Crippen LogP contribution < -0.4 is 10.6 Å². The third-order valence-corrected chi connectivity index (χ3v) is 4.16. The van der Waals surface area contributed by atoms with Gasteiger partial charge in [0.05, 0.1) is 17.9 Å². The molecule has 102 valence electrons. The van der Waals surface area contributed by atoms with Crippen LogP contribution >= 0.6 is 11.3 Å². The zero-order valence-corrected chi connectivity index (χ0v) is 12.0. The highest BCUT2D eigenvalue weighted by Gasteiger charge is 2.22. The fourth-order valence-electron chi connectivity index (χ4n) is 2.12. The molecule has 0 aromatic carbocycles. The molecule has 0 radical (unpaired) electrons. The highest BCUT2D eigenvalue weighted by atomic mass is 32.1. The minimum Gasteiger partial charge on any atom is -0.352 e. The van der Waals surface area contributed by atoms with E-state index in [1.807, 2.05) is 6.92 Å². The maximum absolute atomic E-state index is 11.6. The van der Waals surface area contributed by atoms with E-state index < -0.39 is 0 Å². The fourth-order valence-corrected chi connectivity index (χ4v) is 3.01. The second-order valence-electron chi connectivity index (χ2n) is 5.08. The molecule has 19 heavy (non-hydrogen) atoms. The topological polar surface area (TPSA) is 58.4 Å². The Morgan fingerprint density at radius 2 is 2.32 bits per heavy atom. The summed E-state index contributed by atoms with van der Waals surface area (Å²) < 4.78 is 2.11. The summed E-state index contributed by atoms with van der Waals surface area (Å²) in [6.07, 6.45) is 4.35. The molecule has 2 aromatic rings. The summed E-state index contributed by atoms with van der Waals surface area (Å²) in [5.74, 6) is 0.0856. The van der Waals surface area contributed by atoms with E-state index in [2.05, 4.69) is 33.1 Å². The van der Waals surface area contributed by atoms with E-state index in [4.69, 9.17) is 0 Å². The predicted octanol–water partition coefficient (Wildman–Crippen LogP) is 1.38. The number of aryl methyl sites for hydroxylation is 2. The van der Waals surface area contributed by atoms with Crippen molar-refractivity contribution >= 4 is 22.2 Å². The van der Waals surface area contributed by atoms with E-state index >= 15 is 0 Å². The normalized spacial score (nSPS) is 15.1. The lowest BCUT2D eigenvalue weighted by Crippen LogP contribution is -2.35. The molecule has 2 heterocycles. The van der Waals surface area contributed by atoms with Crippen molar-refractivity contribution in [3.05, 3.63) is 22.5 Å². The maximum atomic E-state index is 11.6. The number of nitrogens with zero attached hydrogens (tertiary/aromatic N) is 2. The van der Waals surface area contributed by atoms with Crippen LogP contribution in [0.1, 0.15) is 29.1 Å². The molecule has 0 spiro atoms. The van der Waals surface area contributed by atoms with Gasteiger partial charge in [0.2, 0.25) is 5.91 Å². The third-order valence-electron chi connectivity index (χ3n) is 3.26. The highest BCUT2D eigenvalue weighted by molar-refractivity contribution is 7.17. The van der Waals surface area contributed by atoms with E-state index in [0.717, 1.165) is 29.2 Å². The second kappa shape index (κ2) is 4.94. The first kappa shape index (κ1) is 12.6. The van der Waals surface area contributed by atoms with Crippen molar-refractivity contribution in [3.63, 3.8) is 0 Å². The SMILES string of the molecule is Cc1cn2c(CNCC(=O)NC3CC3)c(C)nc2s1. The first-order valence-electron chi connectivity index (χ1n) is 6.57. The molecule has 5 nitrogen and oxygen atoms in total. The van der Waals surface area contributed by atoms with E-state index in [9.17, 15) is 4.79 Å². The van der Waals surface area contributed by atoms with Crippen molar-refractivity contribution in [3.8, 4) is 0 Å². The average Bonchev–Trinajstić information content (AvgIpc) is 3.01. The quantitative estimate of drug-likeness (QED) is 0.869. The Bertz CT molecular complexity index is 611. The molecule has 0 bridgehead atoms. The summed E-state index contributed by atoms with van der Waals surface area (Å²) in [7, 11) is 0. The van der Waals surface area contributed by atoms with Crippen LogP contribution in [-0.2, 0) is 11.3 Å². The van der Waals surface area contributed by atoms with Gasteiger partial charge < -0.3 is 10.6 Å². The monoisotopic (exact) mass is 278 g/mol. The standard InChI is InChI=1S/C13H18N4OS/c1-8-7-17-11(9(2)15-13(17)19-8)5-14-6-12(18)16-10-3-4-10/h7,10,14H,3-6H2,1-2H3,(H,16,18). The van der Waals surface area contributed by atoms with Crippen molar-refractivity contribution in [1.82, 2.24) is 20.0 Å². The zero-order chi connectivity index (χ0) is 13.4. The number of carbonyl (C=O) groups excluding carboxylic acids is 1. The molecular formula is C13H18N4OS. The lowest BCUT2D eigenvalue weighted by molar-refractivity contribution is -0.120. The Morgan fingerprint density at radius 3 is 3.05 bits per heavy atom. The summed E-state index contributed by atoms with van der Waals surface area (Å²) >= 11 is 1.69. The number of carbonyl (C=O) groups is 1. The summed E-state index contributed by atoms with van der Waals surface area (Å²) in [6, 6.07) is 0.428. The van der Waals surface area contributed by atoms with Crippen molar-refractivity contribution in [1.29, 1.82) is 0 Å². The van der Waals surface area contributed by atoms with Crippen LogP contribution in [0.2, 0.25) is 0 Å². The number of fused-ring (bicyclic) bond motifs is 1. The maximum Gasteiger partial charge on any atom is 0.234 e. The van der Waals surface area contributed by atoms with Crippen molar-refractivity contribution in [2.45, 2.75) is 39.3 Å². The Morgan fingerprint density at radius 1 is 1.53 bits per heavy atom. The molecule has 0 atom stereocenters. The van der Waals surface area contributed by atoms with Gasteiger partial charge in [-0.2, -0.15) is 0 Å². The van der Waals surface area contributed by atoms with Gasteiger partial charge in [0.25, 0.3) is 0 Å². The number of hydrogen-bond donors (Lipinski definition) is 2. The van der Waals surface area contributed by atoms with Crippen LogP contribution in [-0.4, -0.2) is 27.9 Å². The summed E-state index contributed by atoms with van der Waals surface area (Å²) in [5, 5.41) is 6.16. The van der Waals surface area contributed by atoms with E-state index in [1.165, 1.54) is 4.88 Å². The minimum absolute atomic E-state index is 0.0856. The van der Waals surface area contributed by atoms with E-state index in [-0.39, 0.29) is 5.91 Å². The predicted molar refractivity (Wildman–Crippen MR) is 75.4 cm³/mol. The molecular weight excluding hydrogens is 260 g/mol. The van der Waals surface area contributed by atoms with Crippen molar-refractivity contribution < 1.29 is 4.79 Å². The van der Waals surface area contributed by atoms with Gasteiger partial charge in [-0.05, 0) is 26.7 Å². The molecule has 0 saturated heterocycles. The smallest absolute Gasteiger partial charge is 0.234 e. The van der Waals surface area contributed by atoms with Crippen LogP contribution in [0.25, 0.3) is 4.96 Å². The molecule has 1 amide bonds. The number of hydrogen-bond acceptors (Lipinski definition) is 4. The Hall–Kier alpha value is -1.40. The number of aromatic nitrogens is 2. The Labute approximate surface area is 116 Å². The Balaban J connectivity index is 1.60. The molecule has 0 unspecified atom stereocenters. The van der Waals surface area contributed by atoms with Crippen LogP contribution in [0.4, 0.5) is 0 Å². The second-order valence-corrected chi connectivity index (χ2v) is 6.30. The zero-order valence-electron chi connectivity index (χ0n) is 11.2. The molecule has 1 fully saturated rings. The number of nitrogens with one attached hydrogen (secondary N) is 2. The lowest BCUT2D eigenvalue weighted by atomic mass is 10.3. The lowest BCUT2D eigenvalue weighted by Gasteiger charge is -2.05. The van der Waals surface area contributed by atoms with Gasteiger partial charge in [0.15, 0.2) is 4.96 Å². The summed E-state index contributed by atoms with van der Waals surface area (Å²) in [4.78, 5) is 18.4. The first-order valence-corrected chi connectivity index (χ1v) is 7.39. The molecule has 2 N–H and O–H groups in total. The van der Waals surface area contributed by atoms with Gasteiger partial charge in [0.1, 0.15) is 0 Å². The van der Waals surface area contributed by atoms with Gasteiger partial charge >= 0.3 is 0 Å². The summed E-state index contributed by atoms with van der Waals surface area (Å²) in [5.41, 5.74) is 2.17. The van der Waals surface area contributed by atoms with Gasteiger partial charge in [-0.1, -0.05) is 0 Å². The van der Waals surface area contributed by atoms with Crippen LogP contribution in [0.3, 0.4) is 0 Å². The van der Waals surface area contributed by atoms with Crippen molar-refractivity contribution in [2.75, 3.05) is 6.54 Å². The molecule has 1 aliphatic rings. The number of thiazole rings is 1. The van der Waals surface area contributed by atoms with Crippen LogP contribution in [0.5, 0.6) is 0 Å². The highest BCUT2D eigenvalue weighted by Crippen LogP contribution is 2.20. The minimum atomic E-state index is 0.0856. The van der Waals surface area contributed by atoms with Gasteiger partial charge in [0, 0.05) is 23.7 Å². The van der Waals surface area contributed by atoms with E-state index in [1.54, 1.807) is 11.3 Å². The van der Waals surface area contributed by atoms with Crippen molar-refractivity contribution in [2.24, 2.45) is 0 Å². The summed E-state index contributed by atoms with van der Waals surface area (Å²) in [6.45, 7) is 5.12. The molecule has 6 heteroatoms. The molecule has 1 saturated carbocycles. The van der Waals surface area contributed by atoms with Gasteiger partial charge in [-0.3, -0.25) is 9.20 Å². The third kappa shape index (κ3) is 2.79. The van der Waals surface area contributed by atoms with Gasteiger partial charge in [-0.25, -0.2) is 4.98 Å². The molecule has 3 rings (SSSR count). The average molecular weight is 278 g/mol. The molecule has 2 aromatic heterocycles. The Kier molecular flexibility index (Phi) is 3.28. The largest absolute Gasteiger partial charge is 0.352 e.